The van der Waals surface area contributed by atoms with Crippen LogP contribution in [0, 0.1) is 17.2 Å². The molecule has 174 valence electrons. The topological polar surface area (TPSA) is 60.7 Å². The maximum Gasteiger partial charge on any atom is 0.192 e. The second-order valence-corrected chi connectivity index (χ2v) is 15.4. The highest BCUT2D eigenvalue weighted by Crippen LogP contribution is 2.40. The smallest absolute Gasteiger partial charge is 0.192 e. The van der Waals surface area contributed by atoms with Crippen molar-refractivity contribution >= 4 is 8.32 Å². The third-order valence-electron chi connectivity index (χ3n) is 6.53. The summed E-state index contributed by atoms with van der Waals surface area (Å²) < 4.78 is 24.8. The molecule has 0 aromatic heterocycles. The average molecular weight is 448 g/mol. The van der Waals surface area contributed by atoms with Crippen molar-refractivity contribution in [3.05, 3.63) is 35.9 Å². The lowest BCUT2D eigenvalue weighted by atomic mass is 9.91. The first kappa shape index (κ1) is 26.0. The van der Waals surface area contributed by atoms with Crippen LogP contribution in [0.1, 0.15) is 59.9 Å². The van der Waals surface area contributed by atoms with Gasteiger partial charge in [0.15, 0.2) is 14.1 Å². The first-order valence-electron chi connectivity index (χ1n) is 11.4. The van der Waals surface area contributed by atoms with Crippen LogP contribution in [-0.2, 0) is 25.2 Å². The van der Waals surface area contributed by atoms with Crippen LogP contribution in [0.4, 0.5) is 0 Å². The summed E-state index contributed by atoms with van der Waals surface area (Å²) in [6, 6.07) is 12.5. The molecule has 1 aromatic carbocycles. The molecule has 1 aromatic rings. The lowest BCUT2D eigenvalue weighted by molar-refractivity contribution is -0.300. The second-order valence-electron chi connectivity index (χ2n) is 10.6. The summed E-state index contributed by atoms with van der Waals surface area (Å²) in [5.41, 5.74) is 1.17. The number of rotatable bonds is 9. The molecule has 0 aliphatic carbocycles. The van der Waals surface area contributed by atoms with Crippen LogP contribution in [0.25, 0.3) is 0 Å². The summed E-state index contributed by atoms with van der Waals surface area (Å²) in [6.45, 7) is 18.5. The molecular weight excluding hydrogens is 406 g/mol. The molecule has 0 bridgehead atoms. The normalized spacial score (nSPS) is 23.7. The molecule has 31 heavy (non-hydrogen) atoms. The fraction of sp³-hybridized carbons (Fsp3) is 0.720. The zero-order valence-corrected chi connectivity index (χ0v) is 21.6. The number of ether oxygens (including phenoxy) is 3. The second kappa shape index (κ2) is 10.6. The lowest BCUT2D eigenvalue weighted by Crippen LogP contribution is -2.51. The zero-order chi connectivity index (χ0) is 23.3. The Morgan fingerprint density at radius 3 is 2.42 bits per heavy atom. The van der Waals surface area contributed by atoms with Crippen molar-refractivity contribution in [2.24, 2.45) is 5.92 Å². The zero-order valence-electron chi connectivity index (χ0n) is 20.6. The number of hydrogen-bond acceptors (Lipinski definition) is 5. The number of benzene rings is 1. The lowest BCUT2D eigenvalue weighted by Gasteiger charge is -2.45. The molecule has 1 fully saturated rings. The maximum absolute atomic E-state index is 9.46. The molecule has 1 aliphatic heterocycles. The molecule has 0 saturated carbocycles. The molecule has 0 N–H and O–H groups in total. The Hall–Kier alpha value is -1.23. The van der Waals surface area contributed by atoms with Gasteiger partial charge in [-0.1, -0.05) is 58.0 Å². The van der Waals surface area contributed by atoms with Gasteiger partial charge in [0.05, 0.1) is 24.9 Å². The summed E-state index contributed by atoms with van der Waals surface area (Å²) in [7, 11) is -1.99. The Bertz CT molecular complexity index is 723. The summed E-state index contributed by atoms with van der Waals surface area (Å²) in [4.78, 5) is 0. The molecule has 1 aliphatic rings. The quantitative estimate of drug-likeness (QED) is 0.340. The highest BCUT2D eigenvalue weighted by molar-refractivity contribution is 6.74. The van der Waals surface area contributed by atoms with E-state index in [1.807, 2.05) is 32.0 Å². The minimum atomic E-state index is -1.99. The van der Waals surface area contributed by atoms with Gasteiger partial charge in [0.25, 0.3) is 0 Å². The van der Waals surface area contributed by atoms with E-state index in [1.54, 1.807) is 0 Å². The Morgan fingerprint density at radius 1 is 1.19 bits per heavy atom. The van der Waals surface area contributed by atoms with Crippen molar-refractivity contribution in [1.29, 1.82) is 5.26 Å². The Kier molecular flexibility index (Phi) is 8.89. The van der Waals surface area contributed by atoms with Gasteiger partial charge in [0.2, 0.25) is 0 Å². The fourth-order valence-corrected chi connectivity index (χ4v) is 5.07. The van der Waals surface area contributed by atoms with Crippen molar-refractivity contribution in [3.63, 3.8) is 0 Å². The summed E-state index contributed by atoms with van der Waals surface area (Å²) in [6.07, 6.45) is 0.786. The van der Waals surface area contributed by atoms with Crippen LogP contribution >= 0.6 is 0 Å². The molecular formula is C25H41NO4Si. The van der Waals surface area contributed by atoms with E-state index in [1.165, 1.54) is 5.56 Å². The van der Waals surface area contributed by atoms with Gasteiger partial charge in [-0.05, 0) is 44.0 Å². The molecule has 5 nitrogen and oxygen atoms in total. The van der Waals surface area contributed by atoms with E-state index in [2.05, 4.69) is 59.0 Å². The first-order chi connectivity index (χ1) is 14.3. The molecule has 0 radical (unpaired) electrons. The van der Waals surface area contributed by atoms with E-state index < -0.39 is 20.2 Å². The fourth-order valence-electron chi connectivity index (χ4n) is 3.63. The van der Waals surface area contributed by atoms with Crippen molar-refractivity contribution < 1.29 is 18.6 Å². The van der Waals surface area contributed by atoms with E-state index in [4.69, 9.17) is 18.6 Å². The van der Waals surface area contributed by atoms with E-state index >= 15 is 0 Å². The number of nitriles is 1. The van der Waals surface area contributed by atoms with Crippen LogP contribution in [-0.4, -0.2) is 39.0 Å². The van der Waals surface area contributed by atoms with Crippen LogP contribution in [0.5, 0.6) is 0 Å². The minimum Gasteiger partial charge on any atom is -0.413 e. The third-order valence-corrected chi connectivity index (χ3v) is 11.0. The Labute approximate surface area is 190 Å². The van der Waals surface area contributed by atoms with Crippen molar-refractivity contribution in [2.75, 3.05) is 6.61 Å². The summed E-state index contributed by atoms with van der Waals surface area (Å²) in [5, 5.41) is 9.57. The summed E-state index contributed by atoms with van der Waals surface area (Å²) >= 11 is 0. The molecule has 1 saturated heterocycles. The third kappa shape index (κ3) is 7.69. The van der Waals surface area contributed by atoms with E-state index in [0.717, 1.165) is 6.42 Å². The van der Waals surface area contributed by atoms with Crippen LogP contribution in [0.3, 0.4) is 0 Å². The van der Waals surface area contributed by atoms with Crippen molar-refractivity contribution in [2.45, 2.75) is 103 Å². The van der Waals surface area contributed by atoms with Gasteiger partial charge >= 0.3 is 0 Å². The number of nitrogens with zero attached hydrogens (tertiary/aromatic N) is 1. The molecule has 0 spiro atoms. The standard InChI is InChI=1S/C25H41NO4Si/c1-19(23-16-21(17-26)28-25(5,6)29-23)22(30-31(7,8)24(2,3)4)14-15-27-18-20-12-10-9-11-13-20/h9-13,19,21-23H,14-16,18H2,1-8H3/t19-,21?,22-,23+/m0/s1. The highest BCUT2D eigenvalue weighted by atomic mass is 28.4. The highest BCUT2D eigenvalue weighted by Gasteiger charge is 2.44. The van der Waals surface area contributed by atoms with Gasteiger partial charge in [-0.2, -0.15) is 5.26 Å². The molecule has 0 amide bonds. The largest absolute Gasteiger partial charge is 0.413 e. The molecule has 2 rings (SSSR count). The van der Waals surface area contributed by atoms with Gasteiger partial charge in [0, 0.05) is 18.9 Å². The monoisotopic (exact) mass is 447 g/mol. The van der Waals surface area contributed by atoms with E-state index in [9.17, 15) is 5.26 Å². The molecule has 4 atom stereocenters. The molecule has 1 heterocycles. The van der Waals surface area contributed by atoms with Crippen molar-refractivity contribution in [1.82, 2.24) is 0 Å². The van der Waals surface area contributed by atoms with Gasteiger partial charge in [-0.3, -0.25) is 0 Å². The Morgan fingerprint density at radius 2 is 1.84 bits per heavy atom. The van der Waals surface area contributed by atoms with Crippen LogP contribution in [0.2, 0.25) is 18.1 Å². The average Bonchev–Trinajstić information content (AvgIpc) is 2.68. The van der Waals surface area contributed by atoms with Crippen LogP contribution < -0.4 is 0 Å². The molecule has 1 unspecified atom stereocenters. The number of hydrogen-bond donors (Lipinski definition) is 0. The van der Waals surface area contributed by atoms with Gasteiger partial charge < -0.3 is 18.6 Å². The predicted molar refractivity (Wildman–Crippen MR) is 126 cm³/mol. The van der Waals surface area contributed by atoms with E-state index in [0.29, 0.717) is 19.6 Å². The predicted octanol–water partition coefficient (Wildman–Crippen LogP) is 6.05. The van der Waals surface area contributed by atoms with Crippen LogP contribution in [0.15, 0.2) is 30.3 Å². The summed E-state index contributed by atoms with van der Waals surface area (Å²) in [5.74, 6) is -0.656. The van der Waals surface area contributed by atoms with Gasteiger partial charge in [0.1, 0.15) is 6.10 Å². The minimum absolute atomic E-state index is 0.00471. The first-order valence-corrected chi connectivity index (χ1v) is 14.3. The van der Waals surface area contributed by atoms with Crippen molar-refractivity contribution in [3.8, 4) is 6.07 Å². The van der Waals surface area contributed by atoms with E-state index in [-0.39, 0.29) is 23.2 Å². The Balaban J connectivity index is 2.09. The van der Waals surface area contributed by atoms with Gasteiger partial charge in [-0.15, -0.1) is 0 Å². The van der Waals surface area contributed by atoms with Gasteiger partial charge in [-0.25, -0.2) is 0 Å². The SMILES string of the molecule is C[C@@H]([C@H](CCOCc1ccccc1)O[Si](C)(C)C(C)(C)C)[C@H]1CC(C#N)OC(C)(C)O1. The molecule has 6 heteroatoms. The maximum atomic E-state index is 9.46.